The zero-order chi connectivity index (χ0) is 11.3. The largest absolute Gasteiger partial charge is 0.474 e. The van der Waals surface area contributed by atoms with Crippen molar-refractivity contribution in [1.82, 2.24) is 5.32 Å². The van der Waals surface area contributed by atoms with Gasteiger partial charge in [0, 0.05) is 6.04 Å². The molecule has 2 N–H and O–H groups in total. The Balaban J connectivity index is 1.72. The molecule has 0 saturated heterocycles. The molecule has 4 heteroatoms. The predicted octanol–water partition coefficient (Wildman–Crippen LogP) is 1.01. The number of carboxylic acids is 1. The van der Waals surface area contributed by atoms with Crippen LogP contribution in [-0.2, 0) is 9.59 Å². The van der Waals surface area contributed by atoms with Crippen LogP contribution in [0, 0.1) is 23.7 Å². The van der Waals surface area contributed by atoms with Gasteiger partial charge in [-0.05, 0) is 55.8 Å². The van der Waals surface area contributed by atoms with Crippen LogP contribution >= 0.6 is 0 Å². The van der Waals surface area contributed by atoms with Gasteiger partial charge in [0.05, 0.1) is 0 Å². The lowest BCUT2D eigenvalue weighted by molar-refractivity contribution is -0.151. The molecule has 0 radical (unpaired) electrons. The van der Waals surface area contributed by atoms with Crippen LogP contribution in [-0.4, -0.2) is 23.0 Å². The van der Waals surface area contributed by atoms with Crippen molar-refractivity contribution in [2.45, 2.75) is 38.1 Å². The molecule has 1 amide bonds. The highest BCUT2D eigenvalue weighted by molar-refractivity contribution is 6.31. The van der Waals surface area contributed by atoms with E-state index in [1.165, 1.54) is 32.1 Å². The summed E-state index contributed by atoms with van der Waals surface area (Å²) < 4.78 is 0. The third kappa shape index (κ3) is 1.51. The minimum absolute atomic E-state index is 0.136. The van der Waals surface area contributed by atoms with Gasteiger partial charge in [-0.1, -0.05) is 0 Å². The van der Waals surface area contributed by atoms with Crippen molar-refractivity contribution in [3.05, 3.63) is 0 Å². The molecule has 4 aliphatic rings. The molecular weight excluding hydrogens is 206 g/mol. The average molecular weight is 223 g/mol. The number of carbonyl (C=O) groups excluding carboxylic acids is 1. The van der Waals surface area contributed by atoms with Crippen molar-refractivity contribution in [2.24, 2.45) is 23.7 Å². The summed E-state index contributed by atoms with van der Waals surface area (Å²) in [5.41, 5.74) is 0. The molecule has 4 fully saturated rings. The molecule has 4 aliphatic carbocycles. The van der Waals surface area contributed by atoms with Crippen LogP contribution in [0.15, 0.2) is 0 Å². The van der Waals surface area contributed by atoms with Crippen molar-refractivity contribution in [1.29, 1.82) is 0 Å². The maximum atomic E-state index is 11.2. The van der Waals surface area contributed by atoms with Gasteiger partial charge < -0.3 is 10.4 Å². The second-order valence-electron chi connectivity index (χ2n) is 5.74. The number of hydrogen-bond acceptors (Lipinski definition) is 2. The van der Waals surface area contributed by atoms with Crippen molar-refractivity contribution in [2.75, 3.05) is 0 Å². The van der Waals surface area contributed by atoms with Gasteiger partial charge in [0.2, 0.25) is 0 Å². The summed E-state index contributed by atoms with van der Waals surface area (Å²) in [6, 6.07) is 0.136. The van der Waals surface area contributed by atoms with E-state index in [-0.39, 0.29) is 6.04 Å². The van der Waals surface area contributed by atoms with E-state index < -0.39 is 11.9 Å². The number of carboxylic acid groups (broad SMARTS) is 1. The van der Waals surface area contributed by atoms with Crippen molar-refractivity contribution in [3.8, 4) is 0 Å². The predicted molar refractivity (Wildman–Crippen MR) is 56.6 cm³/mol. The Morgan fingerprint density at radius 1 is 0.938 bits per heavy atom. The molecule has 4 saturated carbocycles. The average Bonchev–Trinajstić information content (AvgIpc) is 2.21. The number of carbonyl (C=O) groups is 2. The van der Waals surface area contributed by atoms with Crippen LogP contribution in [0.2, 0.25) is 0 Å². The van der Waals surface area contributed by atoms with Gasteiger partial charge in [-0.15, -0.1) is 0 Å². The summed E-state index contributed by atoms with van der Waals surface area (Å²) in [5, 5.41) is 11.3. The normalized spacial score (nSPS) is 44.4. The van der Waals surface area contributed by atoms with Crippen molar-refractivity contribution in [3.63, 3.8) is 0 Å². The third-order valence-electron chi connectivity index (χ3n) is 4.72. The fourth-order valence-corrected chi connectivity index (χ4v) is 4.37. The number of amides is 1. The quantitative estimate of drug-likeness (QED) is 0.652. The van der Waals surface area contributed by atoms with Crippen LogP contribution in [0.4, 0.5) is 0 Å². The van der Waals surface area contributed by atoms with E-state index in [4.69, 9.17) is 5.11 Å². The SMILES string of the molecule is O=C(O)C(=O)NC1C2CC3CC(C2)CC1C3. The number of rotatable bonds is 1. The smallest absolute Gasteiger partial charge is 0.394 e. The molecule has 0 unspecified atom stereocenters. The van der Waals surface area contributed by atoms with E-state index in [0.717, 1.165) is 11.8 Å². The molecule has 4 bridgehead atoms. The molecule has 0 heterocycles. The van der Waals surface area contributed by atoms with E-state index in [0.29, 0.717) is 11.8 Å². The molecule has 0 aliphatic heterocycles. The first-order chi connectivity index (χ1) is 7.63. The molecule has 0 aromatic carbocycles. The maximum absolute atomic E-state index is 11.2. The first-order valence-corrected chi connectivity index (χ1v) is 6.17. The highest BCUT2D eigenvalue weighted by atomic mass is 16.4. The van der Waals surface area contributed by atoms with Crippen LogP contribution in [0.3, 0.4) is 0 Å². The zero-order valence-corrected chi connectivity index (χ0v) is 9.19. The van der Waals surface area contributed by atoms with E-state index in [9.17, 15) is 9.59 Å². The van der Waals surface area contributed by atoms with Crippen molar-refractivity contribution < 1.29 is 14.7 Å². The van der Waals surface area contributed by atoms with E-state index in [1.54, 1.807) is 0 Å². The van der Waals surface area contributed by atoms with Crippen LogP contribution in [0.25, 0.3) is 0 Å². The molecule has 0 spiro atoms. The van der Waals surface area contributed by atoms with Gasteiger partial charge in [-0.2, -0.15) is 0 Å². The highest BCUT2D eigenvalue weighted by Crippen LogP contribution is 2.53. The molecular formula is C12H17NO3. The first kappa shape index (κ1) is 10.1. The fraction of sp³-hybridized carbons (Fsp3) is 0.833. The minimum atomic E-state index is -1.35. The van der Waals surface area contributed by atoms with Gasteiger partial charge in [-0.3, -0.25) is 4.79 Å². The Kier molecular flexibility index (Phi) is 2.19. The molecule has 0 aromatic heterocycles. The topological polar surface area (TPSA) is 66.4 Å². The third-order valence-corrected chi connectivity index (χ3v) is 4.72. The molecule has 0 atom stereocenters. The molecule has 88 valence electrons. The molecule has 4 rings (SSSR count). The summed E-state index contributed by atoms with van der Waals surface area (Å²) in [6.45, 7) is 0. The van der Waals surface area contributed by atoms with E-state index in [1.807, 2.05) is 0 Å². The Hall–Kier alpha value is -1.06. The first-order valence-electron chi connectivity index (χ1n) is 6.17. The lowest BCUT2D eigenvalue weighted by Gasteiger charge is -2.54. The Labute approximate surface area is 94.4 Å². The summed E-state index contributed by atoms with van der Waals surface area (Å²) in [4.78, 5) is 21.8. The van der Waals surface area contributed by atoms with Crippen LogP contribution in [0.1, 0.15) is 32.1 Å². The second-order valence-corrected chi connectivity index (χ2v) is 5.74. The second kappa shape index (κ2) is 3.47. The Morgan fingerprint density at radius 2 is 1.44 bits per heavy atom. The highest BCUT2D eigenvalue weighted by Gasteiger charge is 2.48. The standard InChI is InChI=1S/C12H17NO3/c14-11(12(15)16)13-10-8-2-6-1-7(4-8)5-9(10)3-6/h6-10H,1-5H2,(H,13,14)(H,15,16). The molecule has 16 heavy (non-hydrogen) atoms. The summed E-state index contributed by atoms with van der Waals surface area (Å²) in [5.74, 6) is 0.603. The Morgan fingerprint density at radius 3 is 1.88 bits per heavy atom. The van der Waals surface area contributed by atoms with Crippen LogP contribution < -0.4 is 5.32 Å². The lowest BCUT2D eigenvalue weighted by atomic mass is 9.54. The molecule has 4 nitrogen and oxygen atoms in total. The lowest BCUT2D eigenvalue weighted by Crippen LogP contribution is -2.56. The van der Waals surface area contributed by atoms with E-state index in [2.05, 4.69) is 5.32 Å². The van der Waals surface area contributed by atoms with Crippen molar-refractivity contribution >= 4 is 11.9 Å². The fourth-order valence-electron chi connectivity index (χ4n) is 4.37. The number of aliphatic carboxylic acids is 1. The van der Waals surface area contributed by atoms with Gasteiger partial charge in [0.15, 0.2) is 0 Å². The summed E-state index contributed by atoms with van der Waals surface area (Å²) in [7, 11) is 0. The monoisotopic (exact) mass is 223 g/mol. The molecule has 0 aromatic rings. The zero-order valence-electron chi connectivity index (χ0n) is 9.19. The van der Waals surface area contributed by atoms with Crippen LogP contribution in [0.5, 0.6) is 0 Å². The van der Waals surface area contributed by atoms with E-state index >= 15 is 0 Å². The van der Waals surface area contributed by atoms with Gasteiger partial charge in [0.25, 0.3) is 0 Å². The van der Waals surface area contributed by atoms with Gasteiger partial charge >= 0.3 is 11.9 Å². The van der Waals surface area contributed by atoms with Gasteiger partial charge in [0.1, 0.15) is 0 Å². The van der Waals surface area contributed by atoms with Gasteiger partial charge in [-0.25, -0.2) is 4.79 Å². The maximum Gasteiger partial charge on any atom is 0.394 e. The summed E-state index contributed by atoms with van der Waals surface area (Å²) in [6.07, 6.45) is 6.14. The minimum Gasteiger partial charge on any atom is -0.474 e. The Bertz CT molecular complexity index is 311. The number of hydrogen-bond donors (Lipinski definition) is 2. The summed E-state index contributed by atoms with van der Waals surface area (Å²) >= 11 is 0. The number of nitrogens with one attached hydrogen (secondary N) is 1.